The first-order chi connectivity index (χ1) is 7.50. The minimum Gasteiger partial charge on any atom is -0.480 e. The SMILES string of the molecule is CC(N)C(=O)N[C@@H](Cc1cnc[nH]1)C(=O)O. The Bertz CT molecular complexity index is 361. The van der Waals surface area contributed by atoms with Crippen molar-refractivity contribution in [2.45, 2.75) is 25.4 Å². The van der Waals surface area contributed by atoms with E-state index in [0.29, 0.717) is 5.69 Å². The monoisotopic (exact) mass is 226 g/mol. The summed E-state index contributed by atoms with van der Waals surface area (Å²) in [4.78, 5) is 28.7. The van der Waals surface area contributed by atoms with Gasteiger partial charge >= 0.3 is 5.97 Å². The number of aromatic nitrogens is 2. The highest BCUT2D eigenvalue weighted by Gasteiger charge is 2.22. The van der Waals surface area contributed by atoms with Gasteiger partial charge in [-0.3, -0.25) is 4.79 Å². The minimum absolute atomic E-state index is 0.147. The molecule has 5 N–H and O–H groups in total. The molecule has 0 bridgehead atoms. The first kappa shape index (κ1) is 12.2. The van der Waals surface area contributed by atoms with Gasteiger partial charge in [0.2, 0.25) is 5.91 Å². The number of carboxylic acid groups (broad SMARTS) is 1. The summed E-state index contributed by atoms with van der Waals surface area (Å²) >= 11 is 0. The zero-order chi connectivity index (χ0) is 12.1. The molecule has 7 heteroatoms. The van der Waals surface area contributed by atoms with Crippen LogP contribution in [0.1, 0.15) is 12.6 Å². The van der Waals surface area contributed by atoms with Crippen LogP contribution in [0.15, 0.2) is 12.5 Å². The van der Waals surface area contributed by atoms with E-state index in [-0.39, 0.29) is 6.42 Å². The Morgan fingerprint density at radius 1 is 1.69 bits per heavy atom. The number of amides is 1. The van der Waals surface area contributed by atoms with E-state index in [9.17, 15) is 9.59 Å². The van der Waals surface area contributed by atoms with Crippen molar-refractivity contribution in [3.63, 3.8) is 0 Å². The third kappa shape index (κ3) is 3.35. The van der Waals surface area contributed by atoms with E-state index in [1.807, 2.05) is 0 Å². The zero-order valence-corrected chi connectivity index (χ0v) is 8.80. The van der Waals surface area contributed by atoms with Gasteiger partial charge in [-0.15, -0.1) is 0 Å². The number of hydrogen-bond acceptors (Lipinski definition) is 4. The molecule has 1 rings (SSSR count). The molecule has 1 unspecified atom stereocenters. The van der Waals surface area contributed by atoms with Crippen molar-refractivity contribution >= 4 is 11.9 Å². The van der Waals surface area contributed by atoms with Crippen molar-refractivity contribution in [3.05, 3.63) is 18.2 Å². The molecule has 1 aromatic rings. The van der Waals surface area contributed by atoms with Crippen molar-refractivity contribution in [3.8, 4) is 0 Å². The minimum atomic E-state index is -1.11. The number of nitrogens with two attached hydrogens (primary N) is 1. The number of nitrogens with zero attached hydrogens (tertiary/aromatic N) is 1. The molecule has 16 heavy (non-hydrogen) atoms. The fourth-order valence-electron chi connectivity index (χ4n) is 1.12. The highest BCUT2D eigenvalue weighted by atomic mass is 16.4. The Morgan fingerprint density at radius 3 is 2.81 bits per heavy atom. The molecule has 1 amide bonds. The summed E-state index contributed by atoms with van der Waals surface area (Å²) in [5, 5.41) is 11.3. The van der Waals surface area contributed by atoms with Gasteiger partial charge in [0, 0.05) is 18.3 Å². The third-order valence-electron chi connectivity index (χ3n) is 2.01. The number of rotatable bonds is 5. The molecule has 0 aliphatic rings. The molecule has 0 fully saturated rings. The largest absolute Gasteiger partial charge is 0.480 e. The third-order valence-corrected chi connectivity index (χ3v) is 2.01. The van der Waals surface area contributed by atoms with Gasteiger partial charge in [-0.25, -0.2) is 9.78 Å². The molecular weight excluding hydrogens is 212 g/mol. The van der Waals surface area contributed by atoms with Crippen LogP contribution in [0.5, 0.6) is 0 Å². The summed E-state index contributed by atoms with van der Waals surface area (Å²) in [5.41, 5.74) is 5.97. The number of hydrogen-bond donors (Lipinski definition) is 4. The molecule has 88 valence electrons. The Hall–Kier alpha value is -1.89. The van der Waals surface area contributed by atoms with Crippen LogP contribution in [0.25, 0.3) is 0 Å². The standard InChI is InChI=1S/C9H14N4O3/c1-5(10)8(14)13-7(9(15)16)2-6-3-11-4-12-6/h3-5,7H,2,10H2,1H3,(H,11,12)(H,13,14)(H,15,16)/t5?,7-/m0/s1. The number of aromatic amines is 1. The Balaban J connectivity index is 2.62. The lowest BCUT2D eigenvalue weighted by atomic mass is 10.1. The molecule has 7 nitrogen and oxygen atoms in total. The molecule has 0 aliphatic carbocycles. The molecule has 0 saturated heterocycles. The van der Waals surface area contributed by atoms with Crippen molar-refractivity contribution in [2.75, 3.05) is 0 Å². The molecule has 0 aromatic carbocycles. The topological polar surface area (TPSA) is 121 Å². The maximum absolute atomic E-state index is 11.3. The maximum atomic E-state index is 11.3. The number of nitrogens with one attached hydrogen (secondary N) is 2. The summed E-state index contributed by atoms with van der Waals surface area (Å²) in [6, 6.07) is -1.73. The smallest absolute Gasteiger partial charge is 0.326 e. The van der Waals surface area contributed by atoms with Crippen LogP contribution in [-0.4, -0.2) is 39.0 Å². The number of H-pyrrole nitrogens is 1. The van der Waals surface area contributed by atoms with Crippen molar-refractivity contribution < 1.29 is 14.7 Å². The molecule has 0 radical (unpaired) electrons. The van der Waals surface area contributed by atoms with Gasteiger partial charge in [0.15, 0.2) is 0 Å². The van der Waals surface area contributed by atoms with E-state index in [1.54, 1.807) is 0 Å². The number of carbonyl (C=O) groups excluding carboxylic acids is 1. The summed E-state index contributed by atoms with van der Waals surface area (Å²) in [6.45, 7) is 1.49. The number of imidazole rings is 1. The van der Waals surface area contributed by atoms with Crippen molar-refractivity contribution in [1.82, 2.24) is 15.3 Å². The zero-order valence-electron chi connectivity index (χ0n) is 8.80. The van der Waals surface area contributed by atoms with Crippen LogP contribution in [-0.2, 0) is 16.0 Å². The molecule has 1 heterocycles. The Morgan fingerprint density at radius 2 is 2.38 bits per heavy atom. The van der Waals surface area contributed by atoms with Gasteiger partial charge in [-0.05, 0) is 6.92 Å². The van der Waals surface area contributed by atoms with Gasteiger partial charge in [0.05, 0.1) is 12.4 Å². The van der Waals surface area contributed by atoms with Gasteiger partial charge in [-0.2, -0.15) is 0 Å². The molecule has 0 saturated carbocycles. The Kier molecular flexibility index (Phi) is 4.01. The van der Waals surface area contributed by atoms with E-state index in [0.717, 1.165) is 0 Å². The molecule has 0 spiro atoms. The van der Waals surface area contributed by atoms with Crippen molar-refractivity contribution in [1.29, 1.82) is 0 Å². The predicted molar refractivity (Wildman–Crippen MR) is 55.5 cm³/mol. The summed E-state index contributed by atoms with van der Waals surface area (Å²) in [5.74, 6) is -1.60. The van der Waals surface area contributed by atoms with Crippen molar-refractivity contribution in [2.24, 2.45) is 5.73 Å². The number of carboxylic acids is 1. The van der Waals surface area contributed by atoms with Gasteiger partial charge in [0.1, 0.15) is 6.04 Å². The average Bonchev–Trinajstić information content (AvgIpc) is 2.68. The molecule has 1 aromatic heterocycles. The Labute approximate surface area is 92.1 Å². The second kappa shape index (κ2) is 5.26. The lowest BCUT2D eigenvalue weighted by Crippen LogP contribution is -2.48. The number of aliphatic carboxylic acids is 1. The molecular formula is C9H14N4O3. The average molecular weight is 226 g/mol. The van der Waals surface area contributed by atoms with E-state index in [4.69, 9.17) is 10.8 Å². The van der Waals surface area contributed by atoms with Gasteiger partial charge in [0.25, 0.3) is 0 Å². The van der Waals surface area contributed by atoms with Gasteiger partial charge in [-0.1, -0.05) is 0 Å². The fraction of sp³-hybridized carbons (Fsp3) is 0.444. The second-order valence-corrected chi connectivity index (χ2v) is 3.47. The predicted octanol–water partition coefficient (Wildman–Crippen LogP) is -1.13. The van der Waals surface area contributed by atoms with Crippen LogP contribution < -0.4 is 11.1 Å². The quantitative estimate of drug-likeness (QED) is 0.506. The first-order valence-corrected chi connectivity index (χ1v) is 4.76. The summed E-state index contributed by atoms with van der Waals surface area (Å²) in [7, 11) is 0. The van der Waals surface area contributed by atoms with E-state index in [2.05, 4.69) is 15.3 Å². The lowest BCUT2D eigenvalue weighted by molar-refractivity contribution is -0.141. The second-order valence-electron chi connectivity index (χ2n) is 3.47. The van der Waals surface area contributed by atoms with E-state index >= 15 is 0 Å². The summed E-state index contributed by atoms with van der Waals surface area (Å²) in [6.07, 6.45) is 3.10. The van der Waals surface area contributed by atoms with E-state index in [1.165, 1.54) is 19.4 Å². The molecule has 0 aliphatic heterocycles. The lowest BCUT2D eigenvalue weighted by Gasteiger charge is -2.15. The first-order valence-electron chi connectivity index (χ1n) is 4.76. The fourth-order valence-corrected chi connectivity index (χ4v) is 1.12. The normalized spacial score (nSPS) is 14.1. The van der Waals surface area contributed by atoms with Gasteiger partial charge < -0.3 is 21.1 Å². The van der Waals surface area contributed by atoms with Crippen LogP contribution >= 0.6 is 0 Å². The highest BCUT2D eigenvalue weighted by Crippen LogP contribution is 1.99. The summed E-state index contributed by atoms with van der Waals surface area (Å²) < 4.78 is 0. The van der Waals surface area contributed by atoms with E-state index < -0.39 is 24.0 Å². The number of carbonyl (C=O) groups is 2. The van der Waals surface area contributed by atoms with Crippen LogP contribution in [0, 0.1) is 0 Å². The maximum Gasteiger partial charge on any atom is 0.326 e. The highest BCUT2D eigenvalue weighted by molar-refractivity contribution is 5.86. The van der Waals surface area contributed by atoms with Crippen LogP contribution in [0.3, 0.4) is 0 Å². The molecule has 2 atom stereocenters. The van der Waals surface area contributed by atoms with Crippen LogP contribution in [0.2, 0.25) is 0 Å². The van der Waals surface area contributed by atoms with Crippen LogP contribution in [0.4, 0.5) is 0 Å².